The number of hydrogen-bond acceptors (Lipinski definition) is 3. The first-order chi connectivity index (χ1) is 8.79. The van der Waals surface area contributed by atoms with Crippen LogP contribution < -0.4 is 0 Å². The monoisotopic (exact) mass is 252 g/mol. The molecular formula is C14H24N2O2. The third-order valence-electron chi connectivity index (χ3n) is 4.94. The quantitative estimate of drug-likeness (QED) is 0.751. The predicted molar refractivity (Wildman–Crippen MR) is 69.3 cm³/mol. The van der Waals surface area contributed by atoms with Gasteiger partial charge in [-0.2, -0.15) is 0 Å². The molecule has 1 saturated carbocycles. The van der Waals surface area contributed by atoms with E-state index in [1.165, 1.54) is 25.7 Å². The number of hydrogen-bond donors (Lipinski definition) is 0. The molecule has 1 amide bonds. The van der Waals surface area contributed by atoms with Gasteiger partial charge in [-0.3, -0.25) is 9.69 Å². The number of carbonyl (C=O) groups is 1. The van der Waals surface area contributed by atoms with E-state index < -0.39 is 0 Å². The van der Waals surface area contributed by atoms with Crippen LogP contribution in [0, 0.1) is 5.92 Å². The van der Waals surface area contributed by atoms with Crippen LogP contribution in [0.3, 0.4) is 0 Å². The van der Waals surface area contributed by atoms with E-state index in [1.54, 1.807) is 7.11 Å². The van der Waals surface area contributed by atoms with E-state index in [1.807, 2.05) is 4.90 Å². The van der Waals surface area contributed by atoms with Crippen LogP contribution in [0.5, 0.6) is 0 Å². The van der Waals surface area contributed by atoms with Gasteiger partial charge in [0.2, 0.25) is 5.91 Å². The van der Waals surface area contributed by atoms with Crippen molar-refractivity contribution in [2.24, 2.45) is 5.92 Å². The molecule has 2 atom stereocenters. The van der Waals surface area contributed by atoms with Crippen molar-refractivity contribution in [1.29, 1.82) is 0 Å². The second kappa shape index (κ2) is 5.17. The summed E-state index contributed by atoms with van der Waals surface area (Å²) in [6.45, 7) is 3.52. The summed E-state index contributed by atoms with van der Waals surface area (Å²) < 4.78 is 5.11. The summed E-state index contributed by atoms with van der Waals surface area (Å²) >= 11 is 0. The third-order valence-corrected chi connectivity index (χ3v) is 4.94. The molecule has 0 aromatic rings. The van der Waals surface area contributed by atoms with Gasteiger partial charge in [0.1, 0.15) is 0 Å². The molecule has 4 nitrogen and oxygen atoms in total. The van der Waals surface area contributed by atoms with Gasteiger partial charge in [0.25, 0.3) is 0 Å². The van der Waals surface area contributed by atoms with Crippen molar-refractivity contribution in [3.8, 4) is 0 Å². The number of ether oxygens (including phenoxy) is 1. The summed E-state index contributed by atoms with van der Waals surface area (Å²) in [5.41, 5.74) is 0. The van der Waals surface area contributed by atoms with E-state index >= 15 is 0 Å². The lowest BCUT2D eigenvalue weighted by molar-refractivity contribution is -0.149. The first-order valence-corrected chi connectivity index (χ1v) is 7.33. The predicted octanol–water partition coefficient (Wildman–Crippen LogP) is 1.11. The van der Waals surface area contributed by atoms with E-state index in [0.717, 1.165) is 32.0 Å². The Hall–Kier alpha value is -0.610. The van der Waals surface area contributed by atoms with E-state index in [9.17, 15) is 4.79 Å². The van der Waals surface area contributed by atoms with E-state index in [4.69, 9.17) is 4.74 Å². The van der Waals surface area contributed by atoms with Crippen molar-refractivity contribution in [3.63, 3.8) is 0 Å². The lowest BCUT2D eigenvalue weighted by atomic mass is 9.81. The van der Waals surface area contributed by atoms with E-state index in [-0.39, 0.29) is 6.04 Å². The number of rotatable bonds is 4. The summed E-state index contributed by atoms with van der Waals surface area (Å²) in [4.78, 5) is 17.1. The van der Waals surface area contributed by atoms with Gasteiger partial charge in [0, 0.05) is 26.2 Å². The molecule has 3 fully saturated rings. The van der Waals surface area contributed by atoms with Crippen LogP contribution in [0.25, 0.3) is 0 Å². The van der Waals surface area contributed by atoms with Gasteiger partial charge in [-0.05, 0) is 38.1 Å². The van der Waals surface area contributed by atoms with Gasteiger partial charge < -0.3 is 9.64 Å². The molecule has 18 heavy (non-hydrogen) atoms. The minimum Gasteiger partial charge on any atom is -0.383 e. The summed E-state index contributed by atoms with van der Waals surface area (Å²) in [6, 6.07) is 0.877. The maximum Gasteiger partial charge on any atom is 0.240 e. The fourth-order valence-corrected chi connectivity index (χ4v) is 3.64. The van der Waals surface area contributed by atoms with Gasteiger partial charge in [-0.25, -0.2) is 0 Å². The smallest absolute Gasteiger partial charge is 0.240 e. The molecule has 2 bridgehead atoms. The lowest BCUT2D eigenvalue weighted by Gasteiger charge is -2.51. The molecule has 0 unspecified atom stereocenters. The number of piperidine rings is 2. The summed E-state index contributed by atoms with van der Waals surface area (Å²) in [5.74, 6) is 1.08. The van der Waals surface area contributed by atoms with Crippen LogP contribution in [0.1, 0.15) is 32.1 Å². The van der Waals surface area contributed by atoms with Crippen molar-refractivity contribution in [1.82, 2.24) is 9.80 Å². The Bertz CT molecular complexity index is 317. The molecule has 0 aromatic carbocycles. The van der Waals surface area contributed by atoms with Crippen molar-refractivity contribution < 1.29 is 9.53 Å². The Morgan fingerprint density at radius 3 is 2.83 bits per heavy atom. The first kappa shape index (κ1) is 12.4. The number of fused-ring (bicyclic) bond motifs is 2. The zero-order chi connectivity index (χ0) is 12.5. The molecule has 3 rings (SSSR count). The second-order valence-electron chi connectivity index (χ2n) is 6.01. The molecule has 2 heterocycles. The lowest BCUT2D eigenvalue weighted by Crippen LogP contribution is -2.62. The zero-order valence-corrected chi connectivity index (χ0v) is 11.3. The van der Waals surface area contributed by atoms with Crippen LogP contribution in [-0.4, -0.2) is 61.1 Å². The molecule has 0 radical (unpaired) electrons. The highest BCUT2D eigenvalue weighted by Gasteiger charge is 2.44. The fourth-order valence-electron chi connectivity index (χ4n) is 3.64. The molecule has 0 spiro atoms. The summed E-state index contributed by atoms with van der Waals surface area (Å²) in [5, 5.41) is 0. The molecule has 3 aliphatic rings. The van der Waals surface area contributed by atoms with Gasteiger partial charge in [-0.15, -0.1) is 0 Å². The van der Waals surface area contributed by atoms with Gasteiger partial charge in [-0.1, -0.05) is 6.42 Å². The molecular weight excluding hydrogens is 228 g/mol. The van der Waals surface area contributed by atoms with Gasteiger partial charge in [0.05, 0.1) is 12.6 Å². The Morgan fingerprint density at radius 1 is 1.33 bits per heavy atom. The maximum atomic E-state index is 12.5. The Kier molecular flexibility index (Phi) is 3.57. The molecule has 1 aliphatic carbocycles. The average molecular weight is 252 g/mol. The maximum absolute atomic E-state index is 12.5. The number of nitrogens with zero attached hydrogens (tertiary/aromatic N) is 2. The number of methoxy groups -OCH3 is 1. The van der Waals surface area contributed by atoms with E-state index in [2.05, 4.69) is 4.90 Å². The standard InChI is InChI=1S/C14H24N2O2/c1-18-8-7-15-10-11-5-6-16(12-3-2-4-12)13(9-11)14(15)17/h11-13H,2-10H2,1H3/t11-,13+/m0/s1. The number of likely N-dealkylation sites (tertiary alicyclic amines) is 2. The van der Waals surface area contributed by atoms with Crippen LogP contribution >= 0.6 is 0 Å². The van der Waals surface area contributed by atoms with Crippen LogP contribution in [0.4, 0.5) is 0 Å². The molecule has 102 valence electrons. The largest absolute Gasteiger partial charge is 0.383 e. The van der Waals surface area contributed by atoms with Crippen molar-refractivity contribution in [2.75, 3.05) is 33.4 Å². The molecule has 4 heteroatoms. The molecule has 2 saturated heterocycles. The second-order valence-corrected chi connectivity index (χ2v) is 6.01. The van der Waals surface area contributed by atoms with Crippen LogP contribution in [0.15, 0.2) is 0 Å². The topological polar surface area (TPSA) is 32.8 Å². The zero-order valence-electron chi connectivity index (χ0n) is 11.3. The SMILES string of the molecule is COCCN1C[C@H]2CCN(C3CCC3)[C@H](C2)C1=O. The number of carbonyl (C=O) groups excluding carboxylic acids is 1. The highest BCUT2D eigenvalue weighted by molar-refractivity contribution is 5.83. The summed E-state index contributed by atoms with van der Waals surface area (Å²) in [7, 11) is 1.70. The normalized spacial score (nSPS) is 33.6. The Labute approximate surface area is 109 Å². The minimum atomic E-state index is 0.180. The van der Waals surface area contributed by atoms with Crippen molar-refractivity contribution in [3.05, 3.63) is 0 Å². The van der Waals surface area contributed by atoms with Crippen LogP contribution in [0.2, 0.25) is 0 Å². The van der Waals surface area contributed by atoms with Gasteiger partial charge in [0.15, 0.2) is 0 Å². The van der Waals surface area contributed by atoms with E-state index in [0.29, 0.717) is 18.6 Å². The Balaban J connectivity index is 1.67. The van der Waals surface area contributed by atoms with Crippen molar-refractivity contribution >= 4 is 5.91 Å². The molecule has 2 aliphatic heterocycles. The minimum absolute atomic E-state index is 0.180. The Morgan fingerprint density at radius 2 is 2.17 bits per heavy atom. The molecule has 0 N–H and O–H groups in total. The molecule has 0 aromatic heterocycles. The van der Waals surface area contributed by atoms with Gasteiger partial charge >= 0.3 is 0 Å². The highest BCUT2D eigenvalue weighted by atomic mass is 16.5. The third kappa shape index (κ3) is 2.16. The number of amides is 1. The fraction of sp³-hybridized carbons (Fsp3) is 0.929. The average Bonchev–Trinajstić information content (AvgIpc) is 2.32. The van der Waals surface area contributed by atoms with Crippen molar-refractivity contribution in [2.45, 2.75) is 44.2 Å². The highest BCUT2D eigenvalue weighted by Crippen LogP contribution is 2.36. The first-order valence-electron chi connectivity index (χ1n) is 7.33. The summed E-state index contributed by atoms with van der Waals surface area (Å²) in [6.07, 6.45) is 6.31. The van der Waals surface area contributed by atoms with Crippen LogP contribution in [-0.2, 0) is 9.53 Å².